The molecule has 1 aromatic heterocycles. The first kappa shape index (κ1) is 17.4. The third kappa shape index (κ3) is 3.98. The number of amides is 1. The van der Waals surface area contributed by atoms with Crippen molar-refractivity contribution in [2.75, 3.05) is 6.54 Å². The van der Waals surface area contributed by atoms with Crippen LogP contribution in [0.3, 0.4) is 0 Å². The molecule has 0 bridgehead atoms. The molecule has 0 aliphatic carbocycles. The lowest BCUT2D eigenvalue weighted by Gasteiger charge is -2.25. The lowest BCUT2D eigenvalue weighted by molar-refractivity contribution is -0.131. The van der Waals surface area contributed by atoms with Gasteiger partial charge in [0, 0.05) is 28.9 Å². The molecule has 0 N–H and O–H groups in total. The topological polar surface area (TPSA) is 33.2 Å². The average molecular weight is 363 g/mol. The van der Waals surface area contributed by atoms with Gasteiger partial charge in [0.15, 0.2) is 0 Å². The third-order valence-corrected chi connectivity index (χ3v) is 6.07. The van der Waals surface area contributed by atoms with E-state index in [0.29, 0.717) is 12.3 Å². The fraction of sp³-hybridized carbons (Fsp3) is 0.474. The number of carbonyl (C=O) groups is 1. The summed E-state index contributed by atoms with van der Waals surface area (Å²) in [4.78, 5) is 19.4. The first-order valence-corrected chi connectivity index (χ1v) is 9.77. The molecular formula is C19H23ClN2OS. The van der Waals surface area contributed by atoms with Gasteiger partial charge in [-0.3, -0.25) is 4.79 Å². The number of hydrogen-bond acceptors (Lipinski definition) is 3. The van der Waals surface area contributed by atoms with E-state index in [0.717, 1.165) is 47.1 Å². The zero-order chi connectivity index (χ0) is 17.1. The molecule has 1 atom stereocenters. The van der Waals surface area contributed by atoms with Crippen molar-refractivity contribution in [1.82, 2.24) is 9.88 Å². The van der Waals surface area contributed by atoms with Crippen molar-refractivity contribution in [3.8, 4) is 0 Å². The van der Waals surface area contributed by atoms with Gasteiger partial charge in [-0.15, -0.1) is 11.3 Å². The Morgan fingerprint density at radius 1 is 1.42 bits per heavy atom. The van der Waals surface area contributed by atoms with Crippen LogP contribution >= 0.6 is 22.9 Å². The van der Waals surface area contributed by atoms with Crippen LogP contribution in [0.5, 0.6) is 0 Å². The number of rotatable bonds is 5. The number of halogens is 1. The second kappa shape index (κ2) is 7.66. The molecule has 1 aromatic carbocycles. The summed E-state index contributed by atoms with van der Waals surface area (Å²) < 4.78 is 0. The summed E-state index contributed by atoms with van der Waals surface area (Å²) in [5.74, 6) is 0.601. The number of benzene rings is 1. The summed E-state index contributed by atoms with van der Waals surface area (Å²) in [6, 6.07) is 8.17. The maximum Gasteiger partial charge on any atom is 0.228 e. The monoisotopic (exact) mass is 362 g/mol. The van der Waals surface area contributed by atoms with Crippen molar-refractivity contribution >= 4 is 28.8 Å². The number of hydrogen-bond donors (Lipinski definition) is 0. The van der Waals surface area contributed by atoms with Crippen LogP contribution in [0.1, 0.15) is 48.9 Å². The van der Waals surface area contributed by atoms with E-state index in [-0.39, 0.29) is 11.9 Å². The quantitative estimate of drug-likeness (QED) is 0.772. The predicted molar refractivity (Wildman–Crippen MR) is 99.8 cm³/mol. The first-order chi connectivity index (χ1) is 11.5. The summed E-state index contributed by atoms with van der Waals surface area (Å²) in [5, 5.41) is 3.91. The fourth-order valence-electron chi connectivity index (χ4n) is 3.22. The van der Waals surface area contributed by atoms with Crippen molar-refractivity contribution in [2.24, 2.45) is 0 Å². The minimum absolute atomic E-state index is 0.185. The van der Waals surface area contributed by atoms with E-state index in [1.54, 1.807) is 11.3 Å². The summed E-state index contributed by atoms with van der Waals surface area (Å²) in [6.07, 6.45) is 3.35. The summed E-state index contributed by atoms with van der Waals surface area (Å²) >= 11 is 7.93. The standard InChI is InChI=1S/C19H23ClN2OS/c1-13(2)19-21-15(12-24-19)11-18(23)22-9-5-7-16(22)10-14-6-3-4-8-17(14)20/h3-4,6,8,12-13,16H,5,7,9-11H2,1-2H3. The molecule has 3 nitrogen and oxygen atoms in total. The SMILES string of the molecule is CC(C)c1nc(CC(=O)N2CCCC2Cc2ccccc2Cl)cs1. The molecular weight excluding hydrogens is 340 g/mol. The summed E-state index contributed by atoms with van der Waals surface area (Å²) in [5.41, 5.74) is 2.02. The van der Waals surface area contributed by atoms with Crippen molar-refractivity contribution in [1.29, 1.82) is 0 Å². The highest BCUT2D eigenvalue weighted by atomic mass is 35.5. The Balaban J connectivity index is 1.66. The molecule has 2 heterocycles. The predicted octanol–water partition coefficient (Wildman–Crippen LogP) is 4.70. The van der Waals surface area contributed by atoms with E-state index in [1.165, 1.54) is 0 Å². The molecule has 1 unspecified atom stereocenters. The molecule has 1 amide bonds. The Morgan fingerprint density at radius 2 is 2.21 bits per heavy atom. The highest BCUT2D eigenvalue weighted by molar-refractivity contribution is 7.09. The van der Waals surface area contributed by atoms with Crippen LogP contribution in [0, 0.1) is 0 Å². The molecule has 3 rings (SSSR count). The maximum atomic E-state index is 12.7. The highest BCUT2D eigenvalue weighted by Gasteiger charge is 2.29. The molecule has 128 valence electrons. The molecule has 5 heteroatoms. The number of carbonyl (C=O) groups excluding carboxylic acids is 1. The fourth-order valence-corrected chi connectivity index (χ4v) is 4.27. The Hall–Kier alpha value is -1.39. The number of likely N-dealkylation sites (tertiary alicyclic amines) is 1. The maximum absolute atomic E-state index is 12.7. The van der Waals surface area contributed by atoms with E-state index >= 15 is 0 Å². The molecule has 0 saturated carbocycles. The van der Waals surface area contributed by atoms with Crippen LogP contribution in [-0.2, 0) is 17.6 Å². The van der Waals surface area contributed by atoms with Gasteiger partial charge < -0.3 is 4.90 Å². The zero-order valence-electron chi connectivity index (χ0n) is 14.2. The van der Waals surface area contributed by atoms with Gasteiger partial charge in [0.05, 0.1) is 17.1 Å². The lowest BCUT2D eigenvalue weighted by atomic mass is 10.0. The zero-order valence-corrected chi connectivity index (χ0v) is 15.7. The molecule has 24 heavy (non-hydrogen) atoms. The smallest absolute Gasteiger partial charge is 0.228 e. The third-order valence-electron chi connectivity index (χ3n) is 4.51. The first-order valence-electron chi connectivity index (χ1n) is 8.51. The van der Waals surface area contributed by atoms with E-state index in [9.17, 15) is 4.79 Å². The van der Waals surface area contributed by atoms with Crippen LogP contribution in [0.4, 0.5) is 0 Å². The van der Waals surface area contributed by atoms with Crippen molar-refractivity contribution in [3.05, 3.63) is 50.9 Å². The van der Waals surface area contributed by atoms with Gasteiger partial charge in [0.25, 0.3) is 0 Å². The van der Waals surface area contributed by atoms with E-state index in [1.807, 2.05) is 28.5 Å². The Kier molecular flexibility index (Phi) is 5.57. The molecule has 0 radical (unpaired) electrons. The second-order valence-corrected chi connectivity index (χ2v) is 7.98. The molecule has 1 aliphatic heterocycles. The van der Waals surface area contributed by atoms with Crippen LogP contribution in [-0.4, -0.2) is 28.4 Å². The molecule has 1 aliphatic rings. The van der Waals surface area contributed by atoms with Gasteiger partial charge in [-0.2, -0.15) is 0 Å². The Morgan fingerprint density at radius 3 is 2.92 bits per heavy atom. The Bertz CT molecular complexity index is 713. The van der Waals surface area contributed by atoms with Gasteiger partial charge in [0.2, 0.25) is 5.91 Å². The minimum atomic E-state index is 0.185. The van der Waals surface area contributed by atoms with Crippen molar-refractivity contribution in [2.45, 2.75) is 51.5 Å². The molecule has 2 aromatic rings. The molecule has 1 saturated heterocycles. The van der Waals surface area contributed by atoms with Gasteiger partial charge in [0.1, 0.15) is 0 Å². The van der Waals surface area contributed by atoms with E-state index in [4.69, 9.17) is 11.6 Å². The number of aromatic nitrogens is 1. The van der Waals surface area contributed by atoms with Crippen LogP contribution in [0.25, 0.3) is 0 Å². The summed E-state index contributed by atoms with van der Waals surface area (Å²) in [6.45, 7) is 5.10. The van der Waals surface area contributed by atoms with Crippen LogP contribution in [0.2, 0.25) is 5.02 Å². The molecule has 0 spiro atoms. The van der Waals surface area contributed by atoms with Crippen LogP contribution in [0.15, 0.2) is 29.6 Å². The number of nitrogens with zero attached hydrogens (tertiary/aromatic N) is 2. The minimum Gasteiger partial charge on any atom is -0.339 e. The van der Waals surface area contributed by atoms with Gasteiger partial charge >= 0.3 is 0 Å². The summed E-state index contributed by atoms with van der Waals surface area (Å²) in [7, 11) is 0. The Labute approximate surface area is 152 Å². The van der Waals surface area contributed by atoms with E-state index in [2.05, 4.69) is 24.9 Å². The van der Waals surface area contributed by atoms with Gasteiger partial charge in [-0.1, -0.05) is 43.6 Å². The number of thiazole rings is 1. The largest absolute Gasteiger partial charge is 0.339 e. The normalized spacial score (nSPS) is 17.7. The molecule has 1 fully saturated rings. The highest BCUT2D eigenvalue weighted by Crippen LogP contribution is 2.26. The lowest BCUT2D eigenvalue weighted by Crippen LogP contribution is -2.37. The van der Waals surface area contributed by atoms with Gasteiger partial charge in [-0.05, 0) is 30.9 Å². The van der Waals surface area contributed by atoms with E-state index < -0.39 is 0 Å². The van der Waals surface area contributed by atoms with Crippen molar-refractivity contribution in [3.63, 3.8) is 0 Å². The average Bonchev–Trinajstić information content (AvgIpc) is 3.19. The second-order valence-electron chi connectivity index (χ2n) is 6.69. The van der Waals surface area contributed by atoms with Gasteiger partial charge in [-0.25, -0.2) is 4.98 Å². The van der Waals surface area contributed by atoms with Crippen LogP contribution < -0.4 is 0 Å². The van der Waals surface area contributed by atoms with Crippen molar-refractivity contribution < 1.29 is 4.79 Å².